The van der Waals surface area contributed by atoms with Crippen molar-refractivity contribution in [3.63, 3.8) is 0 Å². The molecule has 1 amide bonds. The van der Waals surface area contributed by atoms with Crippen LogP contribution in [0.4, 0.5) is 15.8 Å². The number of nitrogens with zero attached hydrogens (tertiary/aromatic N) is 3. The minimum absolute atomic E-state index is 0.164. The predicted octanol–water partition coefficient (Wildman–Crippen LogP) is 3.39. The SMILES string of the molecule is CNC(=O)c1cnc(Cl)cc1Nc1cccc(-c2nn(C)cc2F)c1OC. The van der Waals surface area contributed by atoms with Crippen molar-refractivity contribution in [2.45, 2.75) is 0 Å². The first kappa shape index (κ1) is 18.7. The van der Waals surface area contributed by atoms with Crippen LogP contribution in [0, 0.1) is 5.82 Å². The normalized spacial score (nSPS) is 10.6. The van der Waals surface area contributed by atoms with Crippen molar-refractivity contribution in [2.75, 3.05) is 19.5 Å². The highest BCUT2D eigenvalue weighted by Gasteiger charge is 2.19. The molecule has 0 atom stereocenters. The fourth-order valence-electron chi connectivity index (χ4n) is 2.68. The molecule has 0 radical (unpaired) electrons. The third-order valence-electron chi connectivity index (χ3n) is 3.87. The van der Waals surface area contributed by atoms with Gasteiger partial charge < -0.3 is 15.4 Å². The Morgan fingerprint density at radius 2 is 2.11 bits per heavy atom. The number of aromatic nitrogens is 3. The van der Waals surface area contributed by atoms with Crippen molar-refractivity contribution in [1.29, 1.82) is 0 Å². The number of methoxy groups -OCH3 is 1. The van der Waals surface area contributed by atoms with Crippen molar-refractivity contribution in [2.24, 2.45) is 7.05 Å². The summed E-state index contributed by atoms with van der Waals surface area (Å²) in [7, 11) is 4.63. The number of amides is 1. The largest absolute Gasteiger partial charge is 0.494 e. The average Bonchev–Trinajstić information content (AvgIpc) is 2.99. The van der Waals surface area contributed by atoms with Crippen LogP contribution < -0.4 is 15.4 Å². The number of halogens is 2. The average molecular weight is 390 g/mol. The standard InChI is InChI=1S/C18H17ClFN5O2/c1-21-18(26)11-8-22-15(19)7-14(11)23-13-6-4-5-10(17(13)27-3)16-12(20)9-25(2)24-16/h4-9H,1-3H3,(H,21,26)(H,22,23). The molecule has 3 aromatic rings. The predicted molar refractivity (Wildman–Crippen MR) is 101 cm³/mol. The van der Waals surface area contributed by atoms with E-state index < -0.39 is 5.82 Å². The summed E-state index contributed by atoms with van der Waals surface area (Å²) in [6.07, 6.45) is 2.65. The Balaban J connectivity index is 2.09. The number of pyridine rings is 1. The molecular weight excluding hydrogens is 373 g/mol. The van der Waals surface area contributed by atoms with E-state index in [4.69, 9.17) is 16.3 Å². The lowest BCUT2D eigenvalue weighted by atomic mass is 10.1. The number of hydrogen-bond acceptors (Lipinski definition) is 5. The fourth-order valence-corrected chi connectivity index (χ4v) is 2.84. The van der Waals surface area contributed by atoms with E-state index in [2.05, 4.69) is 20.7 Å². The smallest absolute Gasteiger partial charge is 0.254 e. The fraction of sp³-hybridized carbons (Fsp3) is 0.167. The van der Waals surface area contributed by atoms with Crippen molar-refractivity contribution in [3.05, 3.63) is 53.2 Å². The number of benzene rings is 1. The van der Waals surface area contributed by atoms with Crippen LogP contribution in [0.15, 0.2) is 36.7 Å². The Labute approximate surface area is 160 Å². The molecule has 0 bridgehead atoms. The minimum atomic E-state index is -0.467. The van der Waals surface area contributed by atoms with Crippen LogP contribution in [0.25, 0.3) is 11.3 Å². The first-order chi connectivity index (χ1) is 12.9. The van der Waals surface area contributed by atoms with Crippen LogP contribution in [0.2, 0.25) is 5.15 Å². The number of ether oxygens (including phenoxy) is 1. The second kappa shape index (κ2) is 7.63. The maximum atomic E-state index is 14.2. The van der Waals surface area contributed by atoms with Crippen LogP contribution in [-0.4, -0.2) is 34.8 Å². The van der Waals surface area contributed by atoms with Gasteiger partial charge in [0.2, 0.25) is 0 Å². The van der Waals surface area contributed by atoms with Gasteiger partial charge >= 0.3 is 0 Å². The second-order valence-corrected chi connectivity index (χ2v) is 6.03. The van der Waals surface area contributed by atoms with E-state index >= 15 is 0 Å². The highest BCUT2D eigenvalue weighted by Crippen LogP contribution is 2.38. The molecule has 0 unspecified atom stereocenters. The van der Waals surface area contributed by atoms with Crippen LogP contribution in [0.5, 0.6) is 5.75 Å². The van der Waals surface area contributed by atoms with Gasteiger partial charge in [0.05, 0.1) is 30.2 Å². The summed E-state index contributed by atoms with van der Waals surface area (Å²) in [5, 5.41) is 10.0. The quantitative estimate of drug-likeness (QED) is 0.654. The van der Waals surface area contributed by atoms with Crippen molar-refractivity contribution < 1.29 is 13.9 Å². The highest BCUT2D eigenvalue weighted by molar-refractivity contribution is 6.29. The van der Waals surface area contributed by atoms with Crippen LogP contribution in [0.1, 0.15) is 10.4 Å². The van der Waals surface area contributed by atoms with Gasteiger partial charge in [0.15, 0.2) is 11.6 Å². The van der Waals surface area contributed by atoms with E-state index in [9.17, 15) is 9.18 Å². The topological polar surface area (TPSA) is 81.1 Å². The molecule has 9 heteroatoms. The summed E-state index contributed by atoms with van der Waals surface area (Å²) in [5.41, 5.74) is 1.90. The number of carbonyl (C=O) groups is 1. The maximum absolute atomic E-state index is 14.2. The maximum Gasteiger partial charge on any atom is 0.254 e. The number of nitrogens with one attached hydrogen (secondary N) is 2. The lowest BCUT2D eigenvalue weighted by molar-refractivity contribution is 0.0963. The molecule has 140 valence electrons. The zero-order valence-corrected chi connectivity index (χ0v) is 15.6. The van der Waals surface area contributed by atoms with Gasteiger partial charge in [-0.25, -0.2) is 9.37 Å². The van der Waals surface area contributed by atoms with Crippen LogP contribution in [-0.2, 0) is 7.05 Å². The molecule has 2 aromatic heterocycles. The summed E-state index contributed by atoms with van der Waals surface area (Å²) in [6.45, 7) is 0. The number of anilines is 2. The van der Waals surface area contributed by atoms with E-state index in [1.165, 1.54) is 37.3 Å². The summed E-state index contributed by atoms with van der Waals surface area (Å²) in [5.74, 6) is -0.413. The molecule has 3 rings (SSSR count). The Morgan fingerprint density at radius 3 is 2.74 bits per heavy atom. The molecule has 1 aromatic carbocycles. The van der Waals surface area contributed by atoms with E-state index in [1.54, 1.807) is 25.2 Å². The molecule has 0 saturated carbocycles. The number of rotatable bonds is 5. The Kier molecular flexibility index (Phi) is 5.27. The number of hydrogen-bond donors (Lipinski definition) is 2. The third kappa shape index (κ3) is 3.70. The summed E-state index contributed by atoms with van der Waals surface area (Å²) >= 11 is 5.98. The van der Waals surface area contributed by atoms with Gasteiger partial charge in [-0.05, 0) is 18.2 Å². The molecule has 2 N–H and O–H groups in total. The Bertz CT molecular complexity index is 1010. The monoisotopic (exact) mass is 389 g/mol. The molecule has 0 aliphatic rings. The first-order valence-corrected chi connectivity index (χ1v) is 8.33. The second-order valence-electron chi connectivity index (χ2n) is 5.64. The third-order valence-corrected chi connectivity index (χ3v) is 4.08. The van der Waals surface area contributed by atoms with Gasteiger partial charge in [0.25, 0.3) is 5.91 Å². The van der Waals surface area contributed by atoms with Gasteiger partial charge in [0, 0.05) is 25.9 Å². The first-order valence-electron chi connectivity index (χ1n) is 7.95. The van der Waals surface area contributed by atoms with E-state index in [0.29, 0.717) is 28.3 Å². The van der Waals surface area contributed by atoms with Gasteiger partial charge in [0.1, 0.15) is 10.8 Å². The van der Waals surface area contributed by atoms with Crippen molar-refractivity contribution in [3.8, 4) is 17.0 Å². The summed E-state index contributed by atoms with van der Waals surface area (Å²) < 4.78 is 21.1. The molecule has 0 fully saturated rings. The molecule has 0 spiro atoms. The van der Waals surface area contributed by atoms with E-state index in [-0.39, 0.29) is 16.8 Å². The lowest BCUT2D eigenvalue weighted by Gasteiger charge is -2.16. The van der Waals surface area contributed by atoms with Crippen molar-refractivity contribution >= 4 is 28.9 Å². The summed E-state index contributed by atoms with van der Waals surface area (Å²) in [4.78, 5) is 16.0. The number of aryl methyl sites for hydroxylation is 1. The molecule has 2 heterocycles. The molecule has 7 nitrogen and oxygen atoms in total. The zero-order valence-electron chi connectivity index (χ0n) is 14.9. The number of para-hydroxylation sites is 1. The van der Waals surface area contributed by atoms with Gasteiger partial charge in [-0.2, -0.15) is 5.10 Å². The van der Waals surface area contributed by atoms with E-state index in [1.807, 2.05) is 0 Å². The molecule has 0 aliphatic heterocycles. The number of carbonyl (C=O) groups excluding carboxylic acids is 1. The Hall–Kier alpha value is -3.13. The zero-order chi connectivity index (χ0) is 19.6. The van der Waals surface area contributed by atoms with Crippen LogP contribution >= 0.6 is 11.6 Å². The molecular formula is C18H17ClFN5O2. The molecule has 0 saturated heterocycles. The molecule has 27 heavy (non-hydrogen) atoms. The summed E-state index contributed by atoms with van der Waals surface area (Å²) in [6, 6.07) is 6.70. The lowest BCUT2D eigenvalue weighted by Crippen LogP contribution is -2.19. The van der Waals surface area contributed by atoms with Gasteiger partial charge in [-0.15, -0.1) is 0 Å². The van der Waals surface area contributed by atoms with Crippen molar-refractivity contribution in [1.82, 2.24) is 20.1 Å². The minimum Gasteiger partial charge on any atom is -0.494 e. The van der Waals surface area contributed by atoms with Gasteiger partial charge in [-0.3, -0.25) is 9.48 Å². The highest BCUT2D eigenvalue weighted by atomic mass is 35.5. The van der Waals surface area contributed by atoms with E-state index in [0.717, 1.165) is 0 Å². The molecule has 0 aliphatic carbocycles. The van der Waals surface area contributed by atoms with Gasteiger partial charge in [-0.1, -0.05) is 17.7 Å². The Morgan fingerprint density at radius 1 is 1.33 bits per heavy atom. The van der Waals surface area contributed by atoms with Crippen LogP contribution in [0.3, 0.4) is 0 Å².